The zero-order valence-electron chi connectivity index (χ0n) is 12.6. The van der Waals surface area contributed by atoms with E-state index in [4.69, 9.17) is 0 Å². The van der Waals surface area contributed by atoms with Crippen molar-refractivity contribution in [3.63, 3.8) is 0 Å². The molecule has 0 fully saturated rings. The number of hydrogen-bond acceptors (Lipinski definition) is 5. The second-order valence-electron chi connectivity index (χ2n) is 6.11. The third kappa shape index (κ3) is 2.08. The lowest BCUT2D eigenvalue weighted by Gasteiger charge is -2.40. The van der Waals surface area contributed by atoms with Crippen LogP contribution < -0.4 is 10.7 Å². The van der Waals surface area contributed by atoms with Crippen LogP contribution in [0, 0.1) is 5.41 Å². The molecule has 1 amide bonds. The van der Waals surface area contributed by atoms with Gasteiger partial charge in [0.1, 0.15) is 5.82 Å². The minimum absolute atomic E-state index is 0.0495. The van der Waals surface area contributed by atoms with Crippen molar-refractivity contribution in [3.05, 3.63) is 65.4 Å². The number of carbonyl (C=O) groups is 1. The van der Waals surface area contributed by atoms with Crippen LogP contribution in [0.4, 0.5) is 0 Å². The number of nitrogens with one attached hydrogen (secondary N) is 3. The highest BCUT2D eigenvalue weighted by molar-refractivity contribution is 5.86. The van der Waals surface area contributed by atoms with Crippen LogP contribution >= 0.6 is 0 Å². The monoisotopic (exact) mass is 311 g/mol. The van der Waals surface area contributed by atoms with Crippen LogP contribution in [0.25, 0.3) is 0 Å². The number of H-pyrrole nitrogens is 1. The SMILES string of the molecule is CC1(C2=CN(O)NC3=C2CC(=O)N3)C=CC=CC1c1cn[nH]c1. The summed E-state index contributed by atoms with van der Waals surface area (Å²) in [5.74, 6) is 0.515. The summed E-state index contributed by atoms with van der Waals surface area (Å²) in [6.45, 7) is 2.10. The lowest BCUT2D eigenvalue weighted by molar-refractivity contribution is -0.119. The first-order valence-corrected chi connectivity index (χ1v) is 7.43. The van der Waals surface area contributed by atoms with E-state index >= 15 is 0 Å². The van der Waals surface area contributed by atoms with Crippen LogP contribution in [0.15, 0.2) is 59.9 Å². The van der Waals surface area contributed by atoms with E-state index < -0.39 is 5.41 Å². The molecule has 0 radical (unpaired) electrons. The van der Waals surface area contributed by atoms with E-state index in [1.807, 2.05) is 18.3 Å². The Balaban J connectivity index is 1.82. The van der Waals surface area contributed by atoms with Crippen molar-refractivity contribution in [2.75, 3.05) is 0 Å². The van der Waals surface area contributed by atoms with Crippen LogP contribution in [0.1, 0.15) is 24.8 Å². The van der Waals surface area contributed by atoms with Crippen molar-refractivity contribution < 1.29 is 10.0 Å². The van der Waals surface area contributed by atoms with Crippen molar-refractivity contribution >= 4 is 5.91 Å². The lowest BCUT2D eigenvalue weighted by atomic mass is 9.65. The smallest absolute Gasteiger partial charge is 0.230 e. The molecule has 3 aliphatic rings. The largest absolute Gasteiger partial charge is 0.311 e. The number of amides is 1. The molecule has 118 valence electrons. The Kier molecular flexibility index (Phi) is 2.92. The summed E-state index contributed by atoms with van der Waals surface area (Å²) in [7, 11) is 0. The third-order valence-corrected chi connectivity index (χ3v) is 4.67. The Hall–Kier alpha value is -2.80. The molecule has 7 heteroatoms. The molecule has 2 atom stereocenters. The maximum Gasteiger partial charge on any atom is 0.230 e. The Labute approximate surface area is 133 Å². The van der Waals surface area contributed by atoms with Gasteiger partial charge in [-0.15, -0.1) is 0 Å². The van der Waals surface area contributed by atoms with Crippen molar-refractivity contribution in [1.29, 1.82) is 0 Å². The van der Waals surface area contributed by atoms with Gasteiger partial charge >= 0.3 is 0 Å². The molecule has 0 saturated carbocycles. The molecule has 4 N–H and O–H groups in total. The fourth-order valence-corrected chi connectivity index (χ4v) is 3.52. The fraction of sp³-hybridized carbons (Fsp3) is 0.250. The van der Waals surface area contributed by atoms with Gasteiger partial charge < -0.3 is 5.32 Å². The zero-order chi connectivity index (χ0) is 16.0. The molecular weight excluding hydrogens is 294 g/mol. The number of rotatable bonds is 2. The Morgan fingerprint density at radius 3 is 3.09 bits per heavy atom. The maximum atomic E-state index is 11.8. The maximum absolute atomic E-state index is 11.8. The minimum atomic E-state index is -0.408. The molecule has 0 spiro atoms. The molecular formula is C16H17N5O2. The highest BCUT2D eigenvalue weighted by Gasteiger charge is 2.42. The number of nitrogens with zero attached hydrogens (tertiary/aromatic N) is 2. The number of carbonyl (C=O) groups excluding carboxylic acids is 1. The van der Waals surface area contributed by atoms with Crippen molar-refractivity contribution in [2.24, 2.45) is 5.41 Å². The number of hydrogen-bond donors (Lipinski definition) is 4. The highest BCUT2D eigenvalue weighted by atomic mass is 16.5. The zero-order valence-corrected chi connectivity index (χ0v) is 12.6. The Morgan fingerprint density at radius 1 is 1.43 bits per heavy atom. The van der Waals surface area contributed by atoms with Gasteiger partial charge in [0, 0.05) is 23.1 Å². The van der Waals surface area contributed by atoms with E-state index in [0.29, 0.717) is 12.2 Å². The molecule has 1 aromatic rings. The van der Waals surface area contributed by atoms with Gasteiger partial charge in [0.05, 0.1) is 18.8 Å². The number of hydroxylamine groups is 1. The fourth-order valence-electron chi connectivity index (χ4n) is 3.52. The Morgan fingerprint density at radius 2 is 2.30 bits per heavy atom. The van der Waals surface area contributed by atoms with Crippen molar-refractivity contribution in [2.45, 2.75) is 19.3 Å². The minimum Gasteiger partial charge on any atom is -0.311 e. The quantitative estimate of drug-likeness (QED) is 0.663. The highest BCUT2D eigenvalue weighted by Crippen LogP contribution is 2.50. The molecule has 4 rings (SSSR count). The molecule has 7 nitrogen and oxygen atoms in total. The first-order valence-electron chi connectivity index (χ1n) is 7.43. The van der Waals surface area contributed by atoms with Gasteiger partial charge in [0.15, 0.2) is 0 Å². The van der Waals surface area contributed by atoms with Gasteiger partial charge in [-0.05, 0) is 11.1 Å². The van der Waals surface area contributed by atoms with E-state index in [0.717, 1.165) is 21.9 Å². The summed E-state index contributed by atoms with van der Waals surface area (Å²) >= 11 is 0. The molecule has 0 saturated heterocycles. The molecule has 2 unspecified atom stereocenters. The van der Waals surface area contributed by atoms with Gasteiger partial charge in [0.2, 0.25) is 5.91 Å². The van der Waals surface area contributed by atoms with Crippen molar-refractivity contribution in [1.82, 2.24) is 26.1 Å². The van der Waals surface area contributed by atoms with Crippen LogP contribution in [-0.2, 0) is 4.79 Å². The molecule has 2 aliphatic heterocycles. The van der Waals surface area contributed by atoms with Crippen LogP contribution in [-0.4, -0.2) is 26.5 Å². The second-order valence-corrected chi connectivity index (χ2v) is 6.11. The topological polar surface area (TPSA) is 93.3 Å². The predicted molar refractivity (Wildman–Crippen MR) is 82.3 cm³/mol. The summed E-state index contributed by atoms with van der Waals surface area (Å²) in [4.78, 5) is 11.8. The summed E-state index contributed by atoms with van der Waals surface area (Å²) in [6.07, 6.45) is 13.8. The van der Waals surface area contributed by atoms with Crippen LogP contribution in [0.2, 0.25) is 0 Å². The van der Waals surface area contributed by atoms with E-state index in [1.54, 1.807) is 12.4 Å². The average molecular weight is 311 g/mol. The number of hydrazine groups is 1. The molecule has 23 heavy (non-hydrogen) atoms. The van der Waals surface area contributed by atoms with Crippen molar-refractivity contribution in [3.8, 4) is 0 Å². The third-order valence-electron chi connectivity index (χ3n) is 4.67. The van der Waals surface area contributed by atoms with E-state index in [9.17, 15) is 10.0 Å². The standard InChI is InChI=1S/C16H17N5O2/c1-16(5-3-2-4-12(16)10-7-17-18-8-10)13-9-21(23)20-15-11(13)6-14(22)19-15/h2-5,7-9,12,20,23H,6H2,1H3,(H,17,18)(H,19,22). The van der Waals surface area contributed by atoms with E-state index in [1.165, 1.54) is 0 Å². The van der Waals surface area contributed by atoms with Gasteiger partial charge in [0.25, 0.3) is 0 Å². The lowest BCUT2D eigenvalue weighted by Crippen LogP contribution is -2.40. The summed E-state index contributed by atoms with van der Waals surface area (Å²) < 4.78 is 0. The normalized spacial score (nSPS) is 29.3. The Bertz CT molecular complexity index is 774. The number of aromatic nitrogens is 2. The summed E-state index contributed by atoms with van der Waals surface area (Å²) in [6, 6.07) is 0. The van der Waals surface area contributed by atoms with Gasteiger partial charge in [-0.1, -0.05) is 31.2 Å². The summed E-state index contributed by atoms with van der Waals surface area (Å²) in [5.41, 5.74) is 5.18. The predicted octanol–water partition coefficient (Wildman–Crippen LogP) is 1.45. The molecule has 0 aromatic carbocycles. The van der Waals surface area contributed by atoms with Gasteiger partial charge in [-0.25, -0.2) is 0 Å². The van der Waals surface area contributed by atoms with E-state index in [-0.39, 0.29) is 11.8 Å². The van der Waals surface area contributed by atoms with E-state index in [2.05, 4.69) is 40.0 Å². The first-order chi connectivity index (χ1) is 11.1. The average Bonchev–Trinajstić information content (AvgIpc) is 3.15. The molecule has 0 bridgehead atoms. The van der Waals surface area contributed by atoms with Gasteiger partial charge in [-0.2, -0.15) is 10.3 Å². The number of aromatic amines is 1. The summed E-state index contributed by atoms with van der Waals surface area (Å²) in [5, 5.41) is 20.5. The molecule has 1 aromatic heterocycles. The molecule has 3 heterocycles. The van der Waals surface area contributed by atoms with Gasteiger partial charge in [-0.3, -0.25) is 20.5 Å². The first kappa shape index (κ1) is 13.8. The molecule has 1 aliphatic carbocycles. The van der Waals surface area contributed by atoms with Crippen LogP contribution in [0.3, 0.4) is 0 Å². The number of allylic oxidation sites excluding steroid dienone is 5. The second kappa shape index (κ2) is 4.85. The van der Waals surface area contributed by atoms with Crippen LogP contribution in [0.5, 0.6) is 0 Å².